The van der Waals surface area contributed by atoms with Gasteiger partial charge in [0.2, 0.25) is 0 Å². The van der Waals surface area contributed by atoms with Crippen molar-refractivity contribution in [1.29, 1.82) is 0 Å². The zero-order valence-electron chi connectivity index (χ0n) is 15.3. The van der Waals surface area contributed by atoms with Crippen molar-refractivity contribution in [3.8, 4) is 0 Å². The van der Waals surface area contributed by atoms with Gasteiger partial charge in [0.05, 0.1) is 11.0 Å². The SMILES string of the molecule is Cc1ccc(C(CC(=O)c2ccc(Cl)cc2)Nc2ccc([N+](=O)[O-])cc2)cc1. The third-order valence-corrected chi connectivity index (χ3v) is 4.71. The Balaban J connectivity index is 1.84. The lowest BCUT2D eigenvalue weighted by Gasteiger charge is -2.20. The Kier molecular flexibility index (Phi) is 6.06. The molecule has 1 N–H and O–H groups in total. The Labute approximate surface area is 168 Å². The fourth-order valence-corrected chi connectivity index (χ4v) is 3.00. The molecule has 0 spiro atoms. The number of rotatable bonds is 7. The van der Waals surface area contributed by atoms with Crippen molar-refractivity contribution in [3.05, 3.63) is 105 Å². The van der Waals surface area contributed by atoms with Crippen LogP contribution < -0.4 is 5.32 Å². The number of non-ortho nitro benzene ring substituents is 1. The number of nitro benzene ring substituents is 1. The van der Waals surface area contributed by atoms with E-state index in [0.29, 0.717) is 16.3 Å². The Hall–Kier alpha value is -3.18. The number of carbonyl (C=O) groups is 1. The van der Waals surface area contributed by atoms with Crippen LogP contribution in [0.2, 0.25) is 5.02 Å². The summed E-state index contributed by atoms with van der Waals surface area (Å²) >= 11 is 5.90. The van der Waals surface area contributed by atoms with Gasteiger partial charge in [-0.1, -0.05) is 41.4 Å². The predicted molar refractivity (Wildman–Crippen MR) is 111 cm³/mol. The van der Waals surface area contributed by atoms with Gasteiger partial charge < -0.3 is 5.32 Å². The largest absolute Gasteiger partial charge is 0.378 e. The average Bonchev–Trinajstić information content (AvgIpc) is 2.69. The van der Waals surface area contributed by atoms with Gasteiger partial charge in [-0.15, -0.1) is 0 Å². The first-order valence-corrected chi connectivity index (χ1v) is 9.16. The molecule has 0 saturated heterocycles. The standard InChI is InChI=1S/C22H19ClN2O3/c1-15-2-4-16(5-3-15)21(14-22(26)17-6-8-18(23)9-7-17)24-19-10-12-20(13-11-19)25(27)28/h2-13,21,24H,14H2,1H3. The van der Waals surface area contributed by atoms with Crippen LogP contribution in [0.1, 0.15) is 33.9 Å². The van der Waals surface area contributed by atoms with Gasteiger partial charge in [-0.05, 0) is 48.9 Å². The maximum Gasteiger partial charge on any atom is 0.269 e. The van der Waals surface area contributed by atoms with Gasteiger partial charge in [-0.25, -0.2) is 0 Å². The first-order chi connectivity index (χ1) is 13.4. The van der Waals surface area contributed by atoms with Crippen LogP contribution >= 0.6 is 11.6 Å². The van der Waals surface area contributed by atoms with E-state index in [0.717, 1.165) is 11.1 Å². The summed E-state index contributed by atoms with van der Waals surface area (Å²) < 4.78 is 0. The lowest BCUT2D eigenvalue weighted by Crippen LogP contribution is -2.16. The number of hydrogen-bond donors (Lipinski definition) is 1. The molecule has 0 fully saturated rings. The molecule has 5 nitrogen and oxygen atoms in total. The van der Waals surface area contributed by atoms with E-state index in [4.69, 9.17) is 11.6 Å². The Bertz CT molecular complexity index is 968. The lowest BCUT2D eigenvalue weighted by molar-refractivity contribution is -0.384. The second kappa shape index (κ2) is 8.67. The van der Waals surface area contributed by atoms with Crippen molar-refractivity contribution in [2.45, 2.75) is 19.4 Å². The molecule has 3 aromatic carbocycles. The van der Waals surface area contributed by atoms with Gasteiger partial charge in [0, 0.05) is 34.8 Å². The molecule has 0 aliphatic heterocycles. The van der Waals surface area contributed by atoms with Gasteiger partial charge in [-0.2, -0.15) is 0 Å². The van der Waals surface area contributed by atoms with Crippen molar-refractivity contribution < 1.29 is 9.72 Å². The van der Waals surface area contributed by atoms with Gasteiger partial charge >= 0.3 is 0 Å². The fraction of sp³-hybridized carbons (Fsp3) is 0.136. The Morgan fingerprint density at radius 2 is 1.61 bits per heavy atom. The van der Waals surface area contributed by atoms with Gasteiger partial charge in [-0.3, -0.25) is 14.9 Å². The van der Waals surface area contributed by atoms with E-state index in [9.17, 15) is 14.9 Å². The van der Waals surface area contributed by atoms with E-state index in [-0.39, 0.29) is 23.9 Å². The molecule has 3 rings (SSSR count). The molecule has 0 heterocycles. The molecule has 0 amide bonds. The Morgan fingerprint density at radius 3 is 2.18 bits per heavy atom. The van der Waals surface area contributed by atoms with Crippen LogP contribution in [0, 0.1) is 17.0 Å². The predicted octanol–water partition coefficient (Wildman–Crippen LogP) is 5.98. The number of nitrogens with zero attached hydrogens (tertiary/aromatic N) is 1. The molecule has 0 aliphatic carbocycles. The van der Waals surface area contributed by atoms with Crippen LogP contribution in [-0.4, -0.2) is 10.7 Å². The van der Waals surface area contributed by atoms with E-state index in [1.165, 1.54) is 12.1 Å². The normalized spacial score (nSPS) is 11.6. The number of carbonyl (C=O) groups excluding carboxylic acids is 1. The van der Waals surface area contributed by atoms with Crippen LogP contribution in [0.15, 0.2) is 72.8 Å². The second-order valence-corrected chi connectivity index (χ2v) is 6.98. The number of benzene rings is 3. The van der Waals surface area contributed by atoms with Crippen molar-refractivity contribution in [3.63, 3.8) is 0 Å². The summed E-state index contributed by atoms with van der Waals surface area (Å²) in [7, 11) is 0. The van der Waals surface area contributed by atoms with E-state index in [1.54, 1.807) is 36.4 Å². The lowest BCUT2D eigenvalue weighted by atomic mass is 9.97. The topological polar surface area (TPSA) is 72.2 Å². The Morgan fingerprint density at radius 1 is 1.00 bits per heavy atom. The number of Topliss-reactive ketones (excluding diaryl/α,β-unsaturated/α-hetero) is 1. The number of ketones is 1. The number of aryl methyl sites for hydroxylation is 1. The molecule has 1 unspecified atom stereocenters. The van der Waals surface area contributed by atoms with Crippen molar-refractivity contribution >= 4 is 28.8 Å². The molecular formula is C22H19ClN2O3. The molecular weight excluding hydrogens is 376 g/mol. The molecule has 0 aromatic heterocycles. The third kappa shape index (κ3) is 4.96. The molecule has 0 bridgehead atoms. The number of hydrogen-bond acceptors (Lipinski definition) is 4. The van der Waals surface area contributed by atoms with Crippen molar-refractivity contribution in [2.24, 2.45) is 0 Å². The van der Waals surface area contributed by atoms with Crippen LogP contribution in [0.25, 0.3) is 0 Å². The summed E-state index contributed by atoms with van der Waals surface area (Å²) in [6, 6.07) is 20.7. The highest BCUT2D eigenvalue weighted by Gasteiger charge is 2.18. The number of halogens is 1. The van der Waals surface area contributed by atoms with E-state index < -0.39 is 4.92 Å². The smallest absolute Gasteiger partial charge is 0.269 e. The summed E-state index contributed by atoms with van der Waals surface area (Å²) in [5.74, 6) is -0.0170. The molecule has 28 heavy (non-hydrogen) atoms. The molecule has 0 radical (unpaired) electrons. The average molecular weight is 395 g/mol. The number of nitrogens with one attached hydrogen (secondary N) is 1. The summed E-state index contributed by atoms with van der Waals surface area (Å²) in [6.07, 6.45) is 0.238. The van der Waals surface area contributed by atoms with Crippen molar-refractivity contribution in [2.75, 3.05) is 5.32 Å². The molecule has 6 heteroatoms. The maximum absolute atomic E-state index is 12.8. The van der Waals surface area contributed by atoms with Crippen LogP contribution in [0.3, 0.4) is 0 Å². The summed E-state index contributed by atoms with van der Waals surface area (Å²) in [6.45, 7) is 2.00. The highest BCUT2D eigenvalue weighted by molar-refractivity contribution is 6.30. The van der Waals surface area contributed by atoms with E-state index >= 15 is 0 Å². The first-order valence-electron chi connectivity index (χ1n) is 8.79. The minimum absolute atomic E-state index is 0.0170. The van der Waals surface area contributed by atoms with Gasteiger partial charge in [0.25, 0.3) is 5.69 Å². The maximum atomic E-state index is 12.8. The zero-order valence-corrected chi connectivity index (χ0v) is 16.0. The molecule has 0 saturated carbocycles. The third-order valence-electron chi connectivity index (χ3n) is 4.45. The number of nitro groups is 1. The monoisotopic (exact) mass is 394 g/mol. The zero-order chi connectivity index (χ0) is 20.1. The molecule has 0 aliphatic rings. The van der Waals surface area contributed by atoms with Crippen molar-refractivity contribution in [1.82, 2.24) is 0 Å². The van der Waals surface area contributed by atoms with E-state index in [1.807, 2.05) is 31.2 Å². The minimum atomic E-state index is -0.439. The van der Waals surface area contributed by atoms with Gasteiger partial charge in [0.1, 0.15) is 0 Å². The highest BCUT2D eigenvalue weighted by Crippen LogP contribution is 2.26. The molecule has 3 aromatic rings. The summed E-state index contributed by atoms with van der Waals surface area (Å²) in [5, 5.41) is 14.7. The first kappa shape index (κ1) is 19.6. The molecule has 1 atom stereocenters. The van der Waals surface area contributed by atoms with Crippen LogP contribution in [-0.2, 0) is 0 Å². The number of anilines is 1. The highest BCUT2D eigenvalue weighted by atomic mass is 35.5. The molecule has 142 valence electrons. The fourth-order valence-electron chi connectivity index (χ4n) is 2.87. The van der Waals surface area contributed by atoms with Gasteiger partial charge in [0.15, 0.2) is 5.78 Å². The quantitative estimate of drug-likeness (QED) is 0.304. The summed E-state index contributed by atoms with van der Waals surface area (Å²) in [5.41, 5.74) is 3.41. The summed E-state index contributed by atoms with van der Waals surface area (Å²) in [4.78, 5) is 23.2. The minimum Gasteiger partial charge on any atom is -0.378 e. The van der Waals surface area contributed by atoms with Crippen LogP contribution in [0.5, 0.6) is 0 Å². The van der Waals surface area contributed by atoms with Crippen LogP contribution in [0.4, 0.5) is 11.4 Å². The second-order valence-electron chi connectivity index (χ2n) is 6.55. The van der Waals surface area contributed by atoms with E-state index in [2.05, 4.69) is 5.32 Å².